The first-order valence-electron chi connectivity index (χ1n) is 7.45. The Bertz CT molecular complexity index is 913. The summed E-state index contributed by atoms with van der Waals surface area (Å²) in [4.78, 5) is 0. The maximum Gasteiger partial charge on any atom is 0.169 e. The standard InChI is InChI=1S/C20H15BrNO/c1-22-10-8-14(9-11-22)17-12-15-4-2-3-5-19(15)23-20-7-6-16(21)13-18(17)20/h2-13H,1H3/q+1. The molecule has 0 unspecified atom stereocenters. The van der Waals surface area contributed by atoms with Crippen molar-refractivity contribution in [3.8, 4) is 11.5 Å². The molecule has 0 atom stereocenters. The highest BCUT2D eigenvalue weighted by atomic mass is 79.9. The molecule has 0 amide bonds. The van der Waals surface area contributed by atoms with Crippen LogP contribution in [0.1, 0.15) is 16.7 Å². The number of rotatable bonds is 1. The summed E-state index contributed by atoms with van der Waals surface area (Å²) >= 11 is 3.58. The van der Waals surface area contributed by atoms with Crippen molar-refractivity contribution in [1.82, 2.24) is 0 Å². The smallest absolute Gasteiger partial charge is 0.169 e. The number of aromatic nitrogens is 1. The Kier molecular flexibility index (Phi) is 3.50. The fourth-order valence-electron chi connectivity index (χ4n) is 2.77. The Morgan fingerprint density at radius 2 is 1.70 bits per heavy atom. The van der Waals surface area contributed by atoms with Crippen LogP contribution in [0.5, 0.6) is 11.5 Å². The van der Waals surface area contributed by atoms with Gasteiger partial charge < -0.3 is 4.74 Å². The van der Waals surface area contributed by atoms with Gasteiger partial charge in [-0.25, -0.2) is 4.57 Å². The SMILES string of the molecule is C[n+]1ccc(C2=Cc3ccccc3Oc3ccc(Br)cc32)cc1. The Morgan fingerprint density at radius 1 is 0.913 bits per heavy atom. The third-order valence-corrected chi connectivity index (χ3v) is 4.45. The van der Waals surface area contributed by atoms with Crippen LogP contribution in [0.15, 0.2) is 71.5 Å². The van der Waals surface area contributed by atoms with E-state index in [4.69, 9.17) is 4.74 Å². The quantitative estimate of drug-likeness (QED) is 0.434. The third-order valence-electron chi connectivity index (χ3n) is 3.96. The van der Waals surface area contributed by atoms with E-state index >= 15 is 0 Å². The molecule has 2 heterocycles. The summed E-state index contributed by atoms with van der Waals surface area (Å²) in [6, 6.07) is 18.5. The van der Waals surface area contributed by atoms with Crippen LogP contribution in [0.25, 0.3) is 11.6 Å². The summed E-state index contributed by atoms with van der Waals surface area (Å²) in [5.41, 5.74) is 4.50. The second-order valence-corrected chi connectivity index (χ2v) is 6.51. The Morgan fingerprint density at radius 3 is 2.52 bits per heavy atom. The van der Waals surface area contributed by atoms with Crippen molar-refractivity contribution in [2.24, 2.45) is 7.05 Å². The van der Waals surface area contributed by atoms with Crippen molar-refractivity contribution in [3.63, 3.8) is 0 Å². The Labute approximate surface area is 143 Å². The monoisotopic (exact) mass is 364 g/mol. The van der Waals surface area contributed by atoms with Gasteiger partial charge in [0.05, 0.1) is 0 Å². The third kappa shape index (κ3) is 2.68. The molecule has 3 heteroatoms. The normalized spacial score (nSPS) is 12.5. The molecule has 0 saturated carbocycles. The number of halogens is 1. The van der Waals surface area contributed by atoms with Gasteiger partial charge in [0.2, 0.25) is 0 Å². The molecule has 0 spiro atoms. The van der Waals surface area contributed by atoms with Crippen molar-refractivity contribution < 1.29 is 9.30 Å². The summed E-state index contributed by atoms with van der Waals surface area (Å²) in [7, 11) is 2.02. The Hall–Kier alpha value is -2.39. The minimum Gasteiger partial charge on any atom is -0.456 e. The second-order valence-electron chi connectivity index (χ2n) is 5.59. The lowest BCUT2D eigenvalue weighted by Crippen LogP contribution is -2.25. The molecule has 4 rings (SSSR count). The number of para-hydroxylation sites is 1. The van der Waals surface area contributed by atoms with Crippen LogP contribution in [0.4, 0.5) is 0 Å². The maximum absolute atomic E-state index is 6.15. The number of pyridine rings is 1. The van der Waals surface area contributed by atoms with Gasteiger partial charge in [0.1, 0.15) is 18.5 Å². The predicted octanol–water partition coefficient (Wildman–Crippen LogP) is 4.97. The molecule has 0 aliphatic carbocycles. The van der Waals surface area contributed by atoms with E-state index in [1.54, 1.807) is 0 Å². The summed E-state index contributed by atoms with van der Waals surface area (Å²) in [5, 5.41) is 0. The van der Waals surface area contributed by atoms with E-state index < -0.39 is 0 Å². The maximum atomic E-state index is 6.15. The summed E-state index contributed by atoms with van der Waals surface area (Å²) < 4.78 is 9.23. The van der Waals surface area contributed by atoms with E-state index in [0.717, 1.165) is 32.7 Å². The van der Waals surface area contributed by atoms with Gasteiger partial charge in [-0.1, -0.05) is 34.1 Å². The van der Waals surface area contributed by atoms with Crippen LogP contribution in [0.3, 0.4) is 0 Å². The molecule has 0 fully saturated rings. The minimum absolute atomic E-state index is 0.873. The summed E-state index contributed by atoms with van der Waals surface area (Å²) in [6.45, 7) is 0. The molecule has 0 N–H and O–H groups in total. The molecule has 112 valence electrons. The number of aryl methyl sites for hydroxylation is 1. The van der Waals surface area contributed by atoms with Crippen molar-refractivity contribution in [2.45, 2.75) is 0 Å². The first-order chi connectivity index (χ1) is 11.2. The molecule has 1 aromatic heterocycles. The molecule has 3 aromatic rings. The molecule has 1 aliphatic heterocycles. The molecule has 2 aromatic carbocycles. The van der Waals surface area contributed by atoms with Crippen LogP contribution < -0.4 is 9.30 Å². The van der Waals surface area contributed by atoms with Crippen LogP contribution >= 0.6 is 15.9 Å². The lowest BCUT2D eigenvalue weighted by Gasteiger charge is -2.11. The summed E-state index contributed by atoms with van der Waals surface area (Å²) in [6.07, 6.45) is 6.32. The van der Waals surface area contributed by atoms with Crippen molar-refractivity contribution >= 4 is 27.6 Å². The zero-order chi connectivity index (χ0) is 15.8. The molecule has 2 nitrogen and oxygen atoms in total. The Balaban J connectivity index is 1.99. The van der Waals surface area contributed by atoms with Gasteiger partial charge in [-0.2, -0.15) is 0 Å². The average Bonchev–Trinajstić information content (AvgIpc) is 2.72. The van der Waals surface area contributed by atoms with Gasteiger partial charge in [0.15, 0.2) is 12.4 Å². The lowest BCUT2D eigenvalue weighted by atomic mass is 9.96. The molecule has 1 aliphatic rings. The van der Waals surface area contributed by atoms with E-state index in [2.05, 4.69) is 58.7 Å². The molecule has 0 saturated heterocycles. The number of ether oxygens (including phenoxy) is 1. The number of benzene rings is 2. The highest BCUT2D eigenvalue weighted by Gasteiger charge is 2.18. The highest BCUT2D eigenvalue weighted by molar-refractivity contribution is 9.10. The molecule has 0 bridgehead atoms. The topological polar surface area (TPSA) is 13.1 Å². The van der Waals surface area contributed by atoms with Crippen LogP contribution in [-0.4, -0.2) is 0 Å². The van der Waals surface area contributed by atoms with Gasteiger partial charge in [-0.05, 0) is 41.5 Å². The van der Waals surface area contributed by atoms with Gasteiger partial charge in [0, 0.05) is 27.7 Å². The first-order valence-corrected chi connectivity index (χ1v) is 8.24. The summed E-state index contributed by atoms with van der Waals surface area (Å²) in [5.74, 6) is 1.75. The van der Waals surface area contributed by atoms with Crippen molar-refractivity contribution in [2.75, 3.05) is 0 Å². The fourth-order valence-corrected chi connectivity index (χ4v) is 3.13. The van der Waals surface area contributed by atoms with Gasteiger partial charge in [-0.15, -0.1) is 0 Å². The van der Waals surface area contributed by atoms with Gasteiger partial charge in [-0.3, -0.25) is 0 Å². The van der Waals surface area contributed by atoms with E-state index in [0.29, 0.717) is 0 Å². The van der Waals surface area contributed by atoms with Crippen LogP contribution in [-0.2, 0) is 7.05 Å². The largest absolute Gasteiger partial charge is 0.456 e. The number of nitrogens with zero attached hydrogens (tertiary/aromatic N) is 1. The van der Waals surface area contributed by atoms with E-state index in [9.17, 15) is 0 Å². The van der Waals surface area contributed by atoms with Crippen LogP contribution in [0, 0.1) is 0 Å². The zero-order valence-corrected chi connectivity index (χ0v) is 14.2. The zero-order valence-electron chi connectivity index (χ0n) is 12.7. The first kappa shape index (κ1) is 14.2. The van der Waals surface area contributed by atoms with Crippen LogP contribution in [0.2, 0.25) is 0 Å². The predicted molar refractivity (Wildman–Crippen MR) is 95.2 cm³/mol. The number of hydrogen-bond donors (Lipinski definition) is 0. The fraction of sp³-hybridized carbons (Fsp3) is 0.0500. The lowest BCUT2D eigenvalue weighted by molar-refractivity contribution is -0.671. The van der Waals surface area contributed by atoms with Gasteiger partial charge in [0.25, 0.3) is 0 Å². The minimum atomic E-state index is 0.873. The van der Waals surface area contributed by atoms with E-state index in [1.165, 1.54) is 5.56 Å². The molecule has 23 heavy (non-hydrogen) atoms. The number of fused-ring (bicyclic) bond motifs is 2. The molecular formula is C20H15BrNO+. The number of hydrogen-bond acceptors (Lipinski definition) is 1. The average molecular weight is 365 g/mol. The van der Waals surface area contributed by atoms with E-state index in [1.807, 2.05) is 41.9 Å². The molecule has 0 radical (unpaired) electrons. The second kappa shape index (κ2) is 5.67. The van der Waals surface area contributed by atoms with Gasteiger partial charge >= 0.3 is 0 Å². The highest BCUT2D eigenvalue weighted by Crippen LogP contribution is 2.41. The van der Waals surface area contributed by atoms with E-state index in [-0.39, 0.29) is 0 Å². The van der Waals surface area contributed by atoms with Crippen molar-refractivity contribution in [1.29, 1.82) is 0 Å². The van der Waals surface area contributed by atoms with Crippen molar-refractivity contribution in [3.05, 3.63) is 88.2 Å². The molecular weight excluding hydrogens is 350 g/mol.